The third-order valence-corrected chi connectivity index (χ3v) is 4.50. The van der Waals surface area contributed by atoms with Crippen molar-refractivity contribution in [1.29, 1.82) is 0 Å². The van der Waals surface area contributed by atoms with Crippen LogP contribution >= 0.6 is 0 Å². The standard InChI is InChI=1S/C18H24N4O2/c1-13(3-4-14-5-7-16(23)8-6-14)20-17-9-10-22(18(17)24)15-11-19-21(2)12-15/h5-8,11-13,17,20,23H,3-4,9-10H2,1-2H3/t13-,17-/m1/s1. The molecule has 0 bridgehead atoms. The molecule has 6 heteroatoms. The predicted octanol–water partition coefficient (Wildman–Crippen LogP) is 1.84. The van der Waals surface area contributed by atoms with Crippen molar-refractivity contribution < 1.29 is 9.90 Å². The minimum absolute atomic E-state index is 0.125. The molecule has 2 heterocycles. The zero-order chi connectivity index (χ0) is 17.1. The number of carbonyl (C=O) groups excluding carboxylic acids is 1. The minimum atomic E-state index is -0.125. The van der Waals surface area contributed by atoms with E-state index in [1.807, 2.05) is 25.4 Å². The first-order valence-corrected chi connectivity index (χ1v) is 8.37. The molecular formula is C18H24N4O2. The monoisotopic (exact) mass is 328 g/mol. The SMILES string of the molecule is C[C@H](CCc1ccc(O)cc1)N[C@@H]1CCN(c2cnn(C)c2)C1=O. The molecule has 1 aromatic heterocycles. The highest BCUT2D eigenvalue weighted by atomic mass is 16.3. The van der Waals surface area contributed by atoms with E-state index in [0.717, 1.165) is 31.5 Å². The first kappa shape index (κ1) is 16.5. The number of benzene rings is 1. The lowest BCUT2D eigenvalue weighted by molar-refractivity contribution is -0.119. The Morgan fingerprint density at radius 3 is 2.79 bits per heavy atom. The van der Waals surface area contributed by atoms with Crippen molar-refractivity contribution in [1.82, 2.24) is 15.1 Å². The first-order valence-electron chi connectivity index (χ1n) is 8.37. The second-order valence-corrected chi connectivity index (χ2v) is 6.48. The Hall–Kier alpha value is -2.34. The number of phenols is 1. The summed E-state index contributed by atoms with van der Waals surface area (Å²) in [6.45, 7) is 2.84. The Bertz CT molecular complexity index is 695. The van der Waals surface area contributed by atoms with E-state index >= 15 is 0 Å². The smallest absolute Gasteiger partial charge is 0.244 e. The molecule has 1 aliphatic rings. The van der Waals surface area contributed by atoms with Gasteiger partial charge in [-0.1, -0.05) is 12.1 Å². The number of anilines is 1. The number of hydrogen-bond donors (Lipinski definition) is 2. The van der Waals surface area contributed by atoms with Crippen molar-refractivity contribution in [2.45, 2.75) is 38.3 Å². The van der Waals surface area contributed by atoms with Crippen molar-refractivity contribution in [2.24, 2.45) is 7.05 Å². The zero-order valence-corrected chi connectivity index (χ0v) is 14.1. The molecule has 1 fully saturated rings. The highest BCUT2D eigenvalue weighted by molar-refractivity contribution is 5.99. The Balaban J connectivity index is 1.50. The summed E-state index contributed by atoms with van der Waals surface area (Å²) in [5.74, 6) is 0.413. The maximum absolute atomic E-state index is 12.6. The first-order chi connectivity index (χ1) is 11.5. The van der Waals surface area contributed by atoms with Crippen LogP contribution in [0.1, 0.15) is 25.3 Å². The number of phenolic OH excluding ortho intramolecular Hbond substituents is 1. The van der Waals surface area contributed by atoms with Crippen molar-refractivity contribution in [3.05, 3.63) is 42.2 Å². The summed E-state index contributed by atoms with van der Waals surface area (Å²) in [4.78, 5) is 14.4. The molecule has 1 aliphatic heterocycles. The van der Waals surface area contributed by atoms with Gasteiger partial charge in [0.1, 0.15) is 5.75 Å². The molecular weight excluding hydrogens is 304 g/mol. The van der Waals surface area contributed by atoms with Crippen LogP contribution < -0.4 is 10.2 Å². The van der Waals surface area contributed by atoms with Gasteiger partial charge in [-0.05, 0) is 43.9 Å². The van der Waals surface area contributed by atoms with Gasteiger partial charge in [-0.25, -0.2) is 0 Å². The molecule has 128 valence electrons. The lowest BCUT2D eigenvalue weighted by Gasteiger charge is -2.19. The van der Waals surface area contributed by atoms with Gasteiger partial charge < -0.3 is 15.3 Å². The molecule has 1 amide bonds. The summed E-state index contributed by atoms with van der Waals surface area (Å²) >= 11 is 0. The van der Waals surface area contributed by atoms with Crippen LogP contribution in [0, 0.1) is 0 Å². The average molecular weight is 328 g/mol. The van der Waals surface area contributed by atoms with Gasteiger partial charge in [0.25, 0.3) is 0 Å². The summed E-state index contributed by atoms with van der Waals surface area (Å²) in [6, 6.07) is 7.42. The fourth-order valence-electron chi connectivity index (χ4n) is 3.11. The van der Waals surface area contributed by atoms with Crippen molar-refractivity contribution in [3.8, 4) is 5.75 Å². The number of carbonyl (C=O) groups is 1. The number of hydrogen-bond acceptors (Lipinski definition) is 4. The van der Waals surface area contributed by atoms with Crippen LogP contribution in [-0.2, 0) is 18.3 Å². The summed E-state index contributed by atoms with van der Waals surface area (Å²) in [5, 5.41) is 16.9. The number of rotatable bonds is 6. The van der Waals surface area contributed by atoms with E-state index in [-0.39, 0.29) is 23.7 Å². The van der Waals surface area contributed by atoms with E-state index in [4.69, 9.17) is 0 Å². The molecule has 1 aromatic carbocycles. The van der Waals surface area contributed by atoms with Crippen molar-refractivity contribution in [2.75, 3.05) is 11.4 Å². The molecule has 1 saturated heterocycles. The van der Waals surface area contributed by atoms with E-state index in [2.05, 4.69) is 17.3 Å². The molecule has 0 spiro atoms. The molecule has 24 heavy (non-hydrogen) atoms. The van der Waals surface area contributed by atoms with Gasteiger partial charge >= 0.3 is 0 Å². The van der Waals surface area contributed by atoms with Crippen LogP contribution in [-0.4, -0.2) is 39.4 Å². The van der Waals surface area contributed by atoms with Gasteiger partial charge in [0, 0.05) is 25.8 Å². The summed E-state index contributed by atoms with van der Waals surface area (Å²) in [5.41, 5.74) is 2.06. The number of aromatic nitrogens is 2. The fourth-order valence-corrected chi connectivity index (χ4v) is 3.11. The molecule has 0 radical (unpaired) electrons. The van der Waals surface area contributed by atoms with Crippen LogP contribution in [0.4, 0.5) is 5.69 Å². The lowest BCUT2D eigenvalue weighted by Crippen LogP contribution is -2.42. The van der Waals surface area contributed by atoms with Gasteiger partial charge in [0.15, 0.2) is 0 Å². The van der Waals surface area contributed by atoms with Crippen LogP contribution in [0.2, 0.25) is 0 Å². The number of nitrogens with zero attached hydrogens (tertiary/aromatic N) is 3. The molecule has 2 N–H and O–H groups in total. The number of aromatic hydroxyl groups is 1. The van der Waals surface area contributed by atoms with E-state index in [1.54, 1.807) is 27.9 Å². The quantitative estimate of drug-likeness (QED) is 0.849. The molecule has 0 unspecified atom stereocenters. The summed E-state index contributed by atoms with van der Waals surface area (Å²) in [6.07, 6.45) is 6.28. The molecule has 3 rings (SSSR count). The number of amides is 1. The lowest BCUT2D eigenvalue weighted by atomic mass is 10.1. The van der Waals surface area contributed by atoms with E-state index in [0.29, 0.717) is 0 Å². The number of nitrogens with one attached hydrogen (secondary N) is 1. The molecule has 2 aromatic rings. The number of aryl methyl sites for hydroxylation is 2. The fraction of sp³-hybridized carbons (Fsp3) is 0.444. The van der Waals surface area contributed by atoms with Gasteiger partial charge in [0.05, 0.1) is 17.9 Å². The van der Waals surface area contributed by atoms with Crippen LogP contribution in [0.5, 0.6) is 5.75 Å². The van der Waals surface area contributed by atoms with E-state index in [9.17, 15) is 9.90 Å². The van der Waals surface area contributed by atoms with Crippen LogP contribution in [0.25, 0.3) is 0 Å². The van der Waals surface area contributed by atoms with E-state index < -0.39 is 0 Å². The summed E-state index contributed by atoms with van der Waals surface area (Å²) in [7, 11) is 1.85. The zero-order valence-electron chi connectivity index (χ0n) is 14.1. The Morgan fingerprint density at radius 2 is 2.12 bits per heavy atom. The highest BCUT2D eigenvalue weighted by Gasteiger charge is 2.33. The predicted molar refractivity (Wildman–Crippen MR) is 93.0 cm³/mol. The van der Waals surface area contributed by atoms with Gasteiger partial charge in [0.2, 0.25) is 5.91 Å². The Morgan fingerprint density at radius 1 is 1.38 bits per heavy atom. The Labute approximate surface area is 142 Å². The van der Waals surface area contributed by atoms with Crippen LogP contribution in [0.3, 0.4) is 0 Å². The van der Waals surface area contributed by atoms with Gasteiger partial charge in [-0.15, -0.1) is 0 Å². The molecule has 6 nitrogen and oxygen atoms in total. The Kier molecular flexibility index (Phi) is 4.85. The topological polar surface area (TPSA) is 70.4 Å². The average Bonchev–Trinajstić information content (AvgIpc) is 3.13. The van der Waals surface area contributed by atoms with Gasteiger partial charge in [-0.3, -0.25) is 9.48 Å². The van der Waals surface area contributed by atoms with E-state index in [1.165, 1.54) is 5.56 Å². The van der Waals surface area contributed by atoms with Crippen molar-refractivity contribution in [3.63, 3.8) is 0 Å². The second kappa shape index (κ2) is 7.05. The summed E-state index contributed by atoms with van der Waals surface area (Å²) < 4.78 is 1.71. The normalized spacial score (nSPS) is 19.0. The minimum Gasteiger partial charge on any atom is -0.508 e. The van der Waals surface area contributed by atoms with Crippen LogP contribution in [0.15, 0.2) is 36.7 Å². The molecule has 2 atom stereocenters. The largest absolute Gasteiger partial charge is 0.508 e. The molecule has 0 aliphatic carbocycles. The second-order valence-electron chi connectivity index (χ2n) is 6.48. The van der Waals surface area contributed by atoms with Gasteiger partial charge in [-0.2, -0.15) is 5.10 Å². The highest BCUT2D eigenvalue weighted by Crippen LogP contribution is 2.21. The third kappa shape index (κ3) is 3.76. The third-order valence-electron chi connectivity index (χ3n) is 4.50. The molecule has 0 saturated carbocycles. The maximum atomic E-state index is 12.6. The van der Waals surface area contributed by atoms with Crippen molar-refractivity contribution >= 4 is 11.6 Å². The maximum Gasteiger partial charge on any atom is 0.244 e.